The Kier molecular flexibility index (Phi) is 7.77. The number of carbonyl (C=O) groups is 2. The minimum atomic E-state index is -0.649. The van der Waals surface area contributed by atoms with Crippen molar-refractivity contribution in [1.29, 1.82) is 0 Å². The number of amides is 2. The molecule has 0 saturated carbocycles. The number of benzene rings is 2. The molecule has 7 nitrogen and oxygen atoms in total. The highest BCUT2D eigenvalue weighted by Crippen LogP contribution is 2.28. The summed E-state index contributed by atoms with van der Waals surface area (Å²) in [6, 6.07) is 12.5. The minimum absolute atomic E-state index is 0.00739. The van der Waals surface area contributed by atoms with Gasteiger partial charge in [-0.25, -0.2) is 9.37 Å². The fraction of sp³-hybridized carbons (Fsp3) is 0.240. The summed E-state index contributed by atoms with van der Waals surface area (Å²) in [7, 11) is 0. The zero-order valence-corrected chi connectivity index (χ0v) is 20.4. The Bertz CT molecular complexity index is 1250. The van der Waals surface area contributed by atoms with Crippen LogP contribution in [-0.4, -0.2) is 52.2 Å². The number of nitrogens with zero attached hydrogens (tertiary/aromatic N) is 2. The maximum Gasteiger partial charge on any atom is 0.257 e. The predicted molar refractivity (Wildman–Crippen MR) is 132 cm³/mol. The van der Waals surface area contributed by atoms with E-state index in [-0.39, 0.29) is 34.7 Å². The molecule has 182 valence electrons. The number of hydrogen-bond donors (Lipinski definition) is 2. The summed E-state index contributed by atoms with van der Waals surface area (Å²) in [5, 5.41) is 13.3. The van der Waals surface area contributed by atoms with Crippen molar-refractivity contribution >= 4 is 35.2 Å². The van der Waals surface area contributed by atoms with Crippen LogP contribution < -0.4 is 10.1 Å². The van der Waals surface area contributed by atoms with Crippen LogP contribution in [0.5, 0.6) is 17.4 Å². The Labute approximate surface area is 211 Å². The lowest BCUT2D eigenvalue weighted by Crippen LogP contribution is -2.46. The molecule has 1 aromatic heterocycles. The molecule has 3 aromatic rings. The van der Waals surface area contributed by atoms with Crippen LogP contribution in [0.15, 0.2) is 59.6 Å². The topological polar surface area (TPSA) is 91.8 Å². The van der Waals surface area contributed by atoms with Gasteiger partial charge in [-0.05, 0) is 61.6 Å². The fourth-order valence-corrected chi connectivity index (χ4v) is 4.41. The number of aromatic hydroxyl groups is 1. The Balaban J connectivity index is 1.40. The summed E-state index contributed by atoms with van der Waals surface area (Å²) in [6.07, 6.45) is 3.94. The van der Waals surface area contributed by atoms with E-state index in [1.807, 2.05) is 24.5 Å². The maximum atomic E-state index is 13.9. The average Bonchev–Trinajstić information content (AvgIpc) is 2.85. The van der Waals surface area contributed by atoms with Crippen molar-refractivity contribution in [1.82, 2.24) is 15.2 Å². The third-order valence-electron chi connectivity index (χ3n) is 5.63. The number of pyridine rings is 1. The molecule has 0 radical (unpaired) electrons. The molecule has 2 N–H and O–H groups in total. The molecule has 0 aliphatic carbocycles. The molecule has 1 saturated heterocycles. The third-order valence-corrected chi connectivity index (χ3v) is 6.59. The standard InChI is InChI=1S/C25H23ClFN3O4S/c1-35-19-4-2-3-18(13-19)34-24-21(12-16(27)14-28-24)23(32)29-17-7-9-30(10-8-17)25(33)20-6-5-15(26)11-22(20)31/h2-6,11-14,17,31H,7-10H2,1H3,(H,29,32). The molecule has 0 bridgehead atoms. The normalized spacial score (nSPS) is 14.0. The SMILES string of the molecule is CSc1cccc(Oc2ncc(F)cc2C(=O)NC2CCN(C(=O)c3ccc(Cl)cc3O)CC2)c1. The number of rotatable bonds is 6. The van der Waals surface area contributed by atoms with Gasteiger partial charge in [0.25, 0.3) is 11.8 Å². The lowest BCUT2D eigenvalue weighted by atomic mass is 10.0. The zero-order valence-electron chi connectivity index (χ0n) is 18.8. The molecule has 35 heavy (non-hydrogen) atoms. The van der Waals surface area contributed by atoms with Gasteiger partial charge in [-0.1, -0.05) is 17.7 Å². The van der Waals surface area contributed by atoms with Crippen LogP contribution in [-0.2, 0) is 0 Å². The number of piperidine rings is 1. The van der Waals surface area contributed by atoms with Gasteiger partial charge in [0, 0.05) is 29.0 Å². The van der Waals surface area contributed by atoms with Crippen molar-refractivity contribution in [2.45, 2.75) is 23.8 Å². The first-order valence-electron chi connectivity index (χ1n) is 10.9. The minimum Gasteiger partial charge on any atom is -0.507 e. The summed E-state index contributed by atoms with van der Waals surface area (Å²) < 4.78 is 19.7. The van der Waals surface area contributed by atoms with Gasteiger partial charge in [0.2, 0.25) is 5.88 Å². The number of ether oxygens (including phenoxy) is 1. The molecule has 1 fully saturated rings. The van der Waals surface area contributed by atoms with Crippen molar-refractivity contribution in [2.24, 2.45) is 0 Å². The first-order valence-corrected chi connectivity index (χ1v) is 12.5. The van der Waals surface area contributed by atoms with E-state index in [1.54, 1.807) is 28.8 Å². The van der Waals surface area contributed by atoms with E-state index in [2.05, 4.69) is 10.3 Å². The molecule has 2 aromatic carbocycles. The summed E-state index contributed by atoms with van der Waals surface area (Å²) in [4.78, 5) is 32.3. The Hall–Kier alpha value is -3.30. The van der Waals surface area contributed by atoms with Gasteiger partial charge >= 0.3 is 0 Å². The number of hydrogen-bond acceptors (Lipinski definition) is 6. The molecule has 0 atom stereocenters. The summed E-state index contributed by atoms with van der Waals surface area (Å²) >= 11 is 7.39. The van der Waals surface area contributed by atoms with E-state index in [1.165, 1.54) is 12.1 Å². The number of likely N-dealkylation sites (tertiary alicyclic amines) is 1. The van der Waals surface area contributed by atoms with Crippen molar-refractivity contribution in [3.8, 4) is 17.4 Å². The summed E-state index contributed by atoms with van der Waals surface area (Å²) in [5.41, 5.74) is 0.166. The number of carbonyl (C=O) groups excluding carboxylic acids is 2. The van der Waals surface area contributed by atoms with Gasteiger partial charge in [0.1, 0.15) is 22.9 Å². The second-order valence-electron chi connectivity index (χ2n) is 7.99. The summed E-state index contributed by atoms with van der Waals surface area (Å²) in [5.74, 6) is -1.14. The highest BCUT2D eigenvalue weighted by atomic mass is 35.5. The van der Waals surface area contributed by atoms with E-state index >= 15 is 0 Å². The molecule has 1 aliphatic heterocycles. The number of thioether (sulfide) groups is 1. The van der Waals surface area contributed by atoms with Gasteiger partial charge < -0.3 is 20.1 Å². The molecule has 2 amide bonds. The Morgan fingerprint density at radius 1 is 1.17 bits per heavy atom. The van der Waals surface area contributed by atoms with Gasteiger partial charge in [0.05, 0.1) is 11.8 Å². The van der Waals surface area contributed by atoms with Gasteiger partial charge in [-0.3, -0.25) is 9.59 Å². The maximum absolute atomic E-state index is 13.9. The molecule has 4 rings (SSSR count). The van der Waals surface area contributed by atoms with Crippen LogP contribution in [0.25, 0.3) is 0 Å². The molecule has 2 heterocycles. The molecule has 0 spiro atoms. The number of phenolic OH excluding ortho intramolecular Hbond substituents is 1. The summed E-state index contributed by atoms with van der Waals surface area (Å²) in [6.45, 7) is 0.774. The fourth-order valence-electron chi connectivity index (χ4n) is 3.79. The van der Waals surface area contributed by atoms with E-state index in [9.17, 15) is 19.1 Å². The highest BCUT2D eigenvalue weighted by molar-refractivity contribution is 7.98. The van der Waals surface area contributed by atoms with E-state index in [4.69, 9.17) is 16.3 Å². The molecule has 1 aliphatic rings. The van der Waals surface area contributed by atoms with Gasteiger partial charge in [-0.2, -0.15) is 0 Å². The quantitative estimate of drug-likeness (QED) is 0.442. The van der Waals surface area contributed by atoms with Crippen LogP contribution in [0.4, 0.5) is 4.39 Å². The average molecular weight is 516 g/mol. The van der Waals surface area contributed by atoms with E-state index in [0.29, 0.717) is 36.7 Å². The number of nitrogens with one attached hydrogen (secondary N) is 1. The van der Waals surface area contributed by atoms with E-state index in [0.717, 1.165) is 17.2 Å². The number of aromatic nitrogens is 1. The number of halogens is 2. The second kappa shape index (κ2) is 11.0. The van der Waals surface area contributed by atoms with Crippen LogP contribution >= 0.6 is 23.4 Å². The molecule has 0 unspecified atom stereocenters. The highest BCUT2D eigenvalue weighted by Gasteiger charge is 2.27. The lowest BCUT2D eigenvalue weighted by molar-refractivity contribution is 0.0695. The Morgan fingerprint density at radius 2 is 1.94 bits per heavy atom. The van der Waals surface area contributed by atoms with Gasteiger partial charge in [0.15, 0.2) is 0 Å². The largest absolute Gasteiger partial charge is 0.507 e. The second-order valence-corrected chi connectivity index (χ2v) is 9.30. The molecule has 10 heteroatoms. The lowest BCUT2D eigenvalue weighted by Gasteiger charge is -2.32. The molecular formula is C25H23ClFN3O4S. The Morgan fingerprint density at radius 3 is 2.66 bits per heavy atom. The van der Waals surface area contributed by atoms with Crippen molar-refractivity contribution < 1.29 is 23.8 Å². The van der Waals surface area contributed by atoms with E-state index < -0.39 is 11.7 Å². The van der Waals surface area contributed by atoms with Gasteiger partial charge in [-0.15, -0.1) is 11.8 Å². The monoisotopic (exact) mass is 515 g/mol. The van der Waals surface area contributed by atoms with Crippen molar-refractivity contribution in [2.75, 3.05) is 19.3 Å². The third kappa shape index (κ3) is 6.04. The van der Waals surface area contributed by atoms with Crippen LogP contribution in [0, 0.1) is 5.82 Å². The van der Waals surface area contributed by atoms with Crippen LogP contribution in [0.2, 0.25) is 5.02 Å². The van der Waals surface area contributed by atoms with Crippen LogP contribution in [0.3, 0.4) is 0 Å². The zero-order chi connectivity index (χ0) is 24.9. The molecular weight excluding hydrogens is 493 g/mol. The smallest absolute Gasteiger partial charge is 0.257 e. The van der Waals surface area contributed by atoms with Crippen molar-refractivity contribution in [3.63, 3.8) is 0 Å². The first-order chi connectivity index (χ1) is 16.8. The predicted octanol–water partition coefficient (Wildman–Crippen LogP) is 5.13. The first kappa shape index (κ1) is 24.8. The number of phenols is 1. The van der Waals surface area contributed by atoms with Crippen molar-refractivity contribution in [3.05, 3.63) is 76.7 Å². The van der Waals surface area contributed by atoms with Crippen LogP contribution in [0.1, 0.15) is 33.6 Å².